The number of benzene rings is 1. The highest BCUT2D eigenvalue weighted by Gasteiger charge is 2.19. The molecule has 1 aliphatic rings. The Morgan fingerprint density at radius 3 is 2.59 bits per heavy atom. The van der Waals surface area contributed by atoms with Crippen molar-refractivity contribution in [3.05, 3.63) is 47.1 Å². The molecule has 1 aromatic heterocycles. The highest BCUT2D eigenvalue weighted by atomic mass is 16.5. The third-order valence-electron chi connectivity index (χ3n) is 4.09. The van der Waals surface area contributed by atoms with Crippen molar-refractivity contribution in [1.82, 2.24) is 4.57 Å². The molecule has 0 aliphatic heterocycles. The number of aromatic nitrogens is 1. The van der Waals surface area contributed by atoms with E-state index in [4.69, 9.17) is 14.2 Å². The van der Waals surface area contributed by atoms with Crippen LogP contribution in [-0.4, -0.2) is 25.4 Å². The number of ether oxygens (including phenoxy) is 3. The van der Waals surface area contributed by atoms with Gasteiger partial charge in [0.15, 0.2) is 11.5 Å². The van der Waals surface area contributed by atoms with Gasteiger partial charge < -0.3 is 18.8 Å². The summed E-state index contributed by atoms with van der Waals surface area (Å²) in [5, 5.41) is 1.20. The molecule has 22 heavy (non-hydrogen) atoms. The van der Waals surface area contributed by atoms with Gasteiger partial charge in [0, 0.05) is 36.2 Å². The summed E-state index contributed by atoms with van der Waals surface area (Å²) in [4.78, 5) is 0. The molecular weight excluding hydrogens is 278 g/mol. The molecule has 2 aromatic rings. The van der Waals surface area contributed by atoms with Gasteiger partial charge in [-0.1, -0.05) is 0 Å². The van der Waals surface area contributed by atoms with E-state index in [9.17, 15) is 0 Å². The Morgan fingerprint density at radius 2 is 1.91 bits per heavy atom. The van der Waals surface area contributed by atoms with Crippen LogP contribution in [0.3, 0.4) is 0 Å². The summed E-state index contributed by atoms with van der Waals surface area (Å²) in [6.07, 6.45) is 4.92. The fourth-order valence-corrected chi connectivity index (χ4v) is 3.00. The topological polar surface area (TPSA) is 32.6 Å². The Bertz CT molecular complexity index is 768. The molecule has 0 atom stereocenters. The highest BCUT2D eigenvalue weighted by molar-refractivity contribution is 5.93. The zero-order valence-electron chi connectivity index (χ0n) is 13.5. The van der Waals surface area contributed by atoms with Crippen LogP contribution in [-0.2, 0) is 22.9 Å². The maximum atomic E-state index is 5.62. The third-order valence-corrected chi connectivity index (χ3v) is 4.09. The number of allylic oxidation sites excluding steroid dienone is 1. The van der Waals surface area contributed by atoms with Crippen molar-refractivity contribution in [3.8, 4) is 5.75 Å². The first-order chi connectivity index (χ1) is 10.7. The lowest BCUT2D eigenvalue weighted by molar-refractivity contribution is 0.222. The molecule has 1 aliphatic carbocycles. The molecule has 0 saturated carbocycles. The van der Waals surface area contributed by atoms with Crippen molar-refractivity contribution in [2.75, 3.05) is 20.8 Å². The third kappa shape index (κ3) is 2.25. The van der Waals surface area contributed by atoms with Crippen LogP contribution in [0, 0.1) is 0 Å². The molecule has 3 rings (SSSR count). The van der Waals surface area contributed by atoms with Crippen LogP contribution in [0.1, 0.15) is 18.2 Å². The Labute approximate surface area is 130 Å². The molecular formula is C18H21NO3. The molecule has 4 heteroatoms. The Balaban J connectivity index is 2.20. The van der Waals surface area contributed by atoms with Crippen LogP contribution in [0.25, 0.3) is 17.0 Å². The number of methoxy groups -OCH3 is 2. The van der Waals surface area contributed by atoms with Crippen LogP contribution in [0.2, 0.25) is 0 Å². The standard InChI is InChI=1S/C18H21NO3/c1-5-22-12-6-7-13-14-11-18(21-4)17(20-3)9-8-15(14)19(2)16(13)10-12/h6-7,9-11H,5,8H2,1-4H3. The summed E-state index contributed by atoms with van der Waals surface area (Å²) in [6.45, 7) is 2.67. The second-order valence-electron chi connectivity index (χ2n) is 5.22. The number of fused-ring (bicyclic) bond motifs is 3. The van der Waals surface area contributed by atoms with Crippen molar-refractivity contribution in [2.24, 2.45) is 7.05 Å². The fourth-order valence-electron chi connectivity index (χ4n) is 3.00. The Morgan fingerprint density at radius 1 is 1.14 bits per heavy atom. The van der Waals surface area contributed by atoms with Crippen molar-refractivity contribution in [3.63, 3.8) is 0 Å². The average molecular weight is 299 g/mol. The summed E-state index contributed by atoms with van der Waals surface area (Å²) in [5.41, 5.74) is 3.59. The van der Waals surface area contributed by atoms with Gasteiger partial charge in [-0.2, -0.15) is 0 Å². The Kier molecular flexibility index (Phi) is 3.84. The summed E-state index contributed by atoms with van der Waals surface area (Å²) in [6, 6.07) is 6.22. The van der Waals surface area contributed by atoms with Gasteiger partial charge in [-0.15, -0.1) is 0 Å². The lowest BCUT2D eigenvalue weighted by Gasteiger charge is -2.08. The first kappa shape index (κ1) is 14.6. The highest BCUT2D eigenvalue weighted by Crippen LogP contribution is 2.34. The second kappa shape index (κ2) is 5.79. The van der Waals surface area contributed by atoms with E-state index in [1.54, 1.807) is 14.2 Å². The molecule has 116 valence electrons. The normalized spacial score (nSPS) is 14.0. The molecule has 1 heterocycles. The van der Waals surface area contributed by atoms with Crippen LogP contribution in [0.15, 0.2) is 35.8 Å². The van der Waals surface area contributed by atoms with E-state index in [1.807, 2.05) is 13.0 Å². The van der Waals surface area contributed by atoms with Crippen molar-refractivity contribution >= 4 is 17.0 Å². The molecule has 0 fully saturated rings. The van der Waals surface area contributed by atoms with Gasteiger partial charge in [-0.05, 0) is 31.2 Å². The van der Waals surface area contributed by atoms with Gasteiger partial charge in [-0.3, -0.25) is 0 Å². The SMILES string of the molecule is CCOc1ccc2c3c(n(C)c2c1)CC=C(OC)C(OC)=C3. The van der Waals surface area contributed by atoms with Crippen LogP contribution >= 0.6 is 0 Å². The molecule has 0 spiro atoms. The van der Waals surface area contributed by atoms with E-state index >= 15 is 0 Å². The van der Waals surface area contributed by atoms with E-state index in [2.05, 4.69) is 35.9 Å². The largest absolute Gasteiger partial charge is 0.494 e. The predicted molar refractivity (Wildman–Crippen MR) is 87.9 cm³/mol. The predicted octanol–water partition coefficient (Wildman–Crippen LogP) is 3.65. The molecule has 0 radical (unpaired) electrons. The number of hydrogen-bond donors (Lipinski definition) is 0. The maximum absolute atomic E-state index is 5.62. The summed E-state index contributed by atoms with van der Waals surface area (Å²) < 4.78 is 18.7. The smallest absolute Gasteiger partial charge is 0.161 e. The zero-order chi connectivity index (χ0) is 15.7. The van der Waals surface area contributed by atoms with Crippen LogP contribution < -0.4 is 4.74 Å². The second-order valence-corrected chi connectivity index (χ2v) is 5.22. The summed E-state index contributed by atoms with van der Waals surface area (Å²) in [5.74, 6) is 2.43. The fraction of sp³-hybridized carbons (Fsp3) is 0.333. The first-order valence-corrected chi connectivity index (χ1v) is 7.43. The monoisotopic (exact) mass is 299 g/mol. The molecule has 0 bridgehead atoms. The molecule has 4 nitrogen and oxygen atoms in total. The van der Waals surface area contributed by atoms with E-state index in [0.29, 0.717) is 6.61 Å². The minimum atomic E-state index is 0.670. The molecule has 1 aromatic carbocycles. The van der Waals surface area contributed by atoms with E-state index in [-0.39, 0.29) is 0 Å². The van der Waals surface area contributed by atoms with Gasteiger partial charge in [-0.25, -0.2) is 0 Å². The van der Waals surface area contributed by atoms with E-state index in [1.165, 1.54) is 16.6 Å². The number of aryl methyl sites for hydroxylation is 1. The molecule has 0 N–H and O–H groups in total. The summed E-state index contributed by atoms with van der Waals surface area (Å²) in [7, 11) is 5.42. The number of hydrogen-bond acceptors (Lipinski definition) is 3. The zero-order valence-corrected chi connectivity index (χ0v) is 13.5. The first-order valence-electron chi connectivity index (χ1n) is 7.43. The maximum Gasteiger partial charge on any atom is 0.161 e. The molecule has 0 unspecified atom stereocenters. The van der Waals surface area contributed by atoms with Crippen LogP contribution in [0.4, 0.5) is 0 Å². The van der Waals surface area contributed by atoms with Crippen LogP contribution in [0.5, 0.6) is 5.75 Å². The van der Waals surface area contributed by atoms with Gasteiger partial charge >= 0.3 is 0 Å². The molecule has 0 saturated heterocycles. The van der Waals surface area contributed by atoms with E-state index in [0.717, 1.165) is 29.2 Å². The van der Waals surface area contributed by atoms with Crippen molar-refractivity contribution in [1.29, 1.82) is 0 Å². The van der Waals surface area contributed by atoms with Gasteiger partial charge in [0.1, 0.15) is 5.75 Å². The van der Waals surface area contributed by atoms with Crippen molar-refractivity contribution < 1.29 is 14.2 Å². The number of rotatable bonds is 4. The average Bonchev–Trinajstić information content (AvgIpc) is 2.70. The minimum Gasteiger partial charge on any atom is -0.494 e. The van der Waals surface area contributed by atoms with Gasteiger partial charge in [0.05, 0.1) is 26.3 Å². The van der Waals surface area contributed by atoms with Gasteiger partial charge in [0.25, 0.3) is 0 Å². The Hall–Kier alpha value is -2.36. The summed E-state index contributed by atoms with van der Waals surface area (Å²) >= 11 is 0. The minimum absolute atomic E-state index is 0.670. The lowest BCUT2D eigenvalue weighted by Crippen LogP contribution is -1.97. The van der Waals surface area contributed by atoms with Crippen molar-refractivity contribution in [2.45, 2.75) is 13.3 Å². The quantitative estimate of drug-likeness (QED) is 0.864. The number of nitrogens with zero attached hydrogens (tertiary/aromatic N) is 1. The van der Waals surface area contributed by atoms with Gasteiger partial charge in [0.2, 0.25) is 0 Å². The lowest BCUT2D eigenvalue weighted by atomic mass is 10.1. The van der Waals surface area contributed by atoms with E-state index < -0.39 is 0 Å². The molecule has 0 amide bonds.